The fraction of sp³-hybridized carbons (Fsp3) is 0. The van der Waals surface area contributed by atoms with Crippen LogP contribution in [0.4, 0.5) is 4.79 Å². The number of benzene rings is 2. The molecule has 6 heteroatoms. The zero-order valence-electron chi connectivity index (χ0n) is 13.0. The maximum absolute atomic E-state index is 11.5. The standard InChI is InChI=1S/C19H13N3OS2/c23-19-20-18(24)16(25-19)11-14-12-22(15-9-5-2-6-10-15)21-17(14)13-7-3-1-4-8-13/h1-12H,(H,20,23,24)/b16-11-. The fourth-order valence-electron chi connectivity index (χ4n) is 2.59. The van der Waals surface area contributed by atoms with E-state index in [0.29, 0.717) is 4.99 Å². The summed E-state index contributed by atoms with van der Waals surface area (Å²) in [6.45, 7) is 0. The third-order valence-electron chi connectivity index (χ3n) is 3.74. The highest BCUT2D eigenvalue weighted by Crippen LogP contribution is 2.31. The average Bonchev–Trinajstić information content (AvgIpc) is 3.20. The van der Waals surface area contributed by atoms with Gasteiger partial charge in [0.25, 0.3) is 5.24 Å². The molecule has 1 amide bonds. The molecule has 0 bridgehead atoms. The van der Waals surface area contributed by atoms with Gasteiger partial charge in [-0.2, -0.15) is 5.10 Å². The van der Waals surface area contributed by atoms with Crippen LogP contribution >= 0.6 is 24.0 Å². The second kappa shape index (κ2) is 6.66. The topological polar surface area (TPSA) is 46.9 Å². The van der Waals surface area contributed by atoms with Crippen molar-refractivity contribution in [2.75, 3.05) is 0 Å². The van der Waals surface area contributed by atoms with Crippen LogP contribution in [0.3, 0.4) is 0 Å². The Bertz CT molecular complexity index is 978. The van der Waals surface area contributed by atoms with Crippen LogP contribution in [0.25, 0.3) is 23.0 Å². The fourth-order valence-corrected chi connectivity index (χ4v) is 3.61. The van der Waals surface area contributed by atoms with Gasteiger partial charge in [-0.25, -0.2) is 4.68 Å². The van der Waals surface area contributed by atoms with E-state index in [-0.39, 0.29) is 5.24 Å². The summed E-state index contributed by atoms with van der Waals surface area (Å²) in [4.78, 5) is 12.7. The lowest BCUT2D eigenvalue weighted by Gasteiger charge is -2.00. The molecular formula is C19H13N3OS2. The van der Waals surface area contributed by atoms with Gasteiger partial charge in [0.05, 0.1) is 16.3 Å². The first-order valence-corrected chi connectivity index (χ1v) is 8.88. The first-order valence-electron chi connectivity index (χ1n) is 7.66. The van der Waals surface area contributed by atoms with E-state index < -0.39 is 0 Å². The number of hydrogen-bond donors (Lipinski definition) is 1. The largest absolute Gasteiger partial charge is 0.307 e. The van der Waals surface area contributed by atoms with Crippen LogP contribution in [-0.2, 0) is 0 Å². The molecular weight excluding hydrogens is 350 g/mol. The van der Waals surface area contributed by atoms with E-state index in [1.165, 1.54) is 0 Å². The first-order chi connectivity index (χ1) is 12.2. The van der Waals surface area contributed by atoms with Gasteiger partial charge < -0.3 is 5.32 Å². The van der Waals surface area contributed by atoms with Crippen molar-refractivity contribution in [1.29, 1.82) is 0 Å². The van der Waals surface area contributed by atoms with Crippen molar-refractivity contribution >= 4 is 40.3 Å². The average molecular weight is 363 g/mol. The lowest BCUT2D eigenvalue weighted by Crippen LogP contribution is -2.15. The van der Waals surface area contributed by atoms with Crippen LogP contribution in [0.2, 0.25) is 0 Å². The van der Waals surface area contributed by atoms with E-state index in [0.717, 1.165) is 39.2 Å². The van der Waals surface area contributed by atoms with E-state index in [9.17, 15) is 4.79 Å². The van der Waals surface area contributed by atoms with Crippen molar-refractivity contribution in [1.82, 2.24) is 15.1 Å². The van der Waals surface area contributed by atoms with Gasteiger partial charge in [0, 0.05) is 17.3 Å². The van der Waals surface area contributed by atoms with Crippen molar-refractivity contribution in [3.8, 4) is 16.9 Å². The number of nitrogens with zero attached hydrogens (tertiary/aromatic N) is 2. The predicted molar refractivity (Wildman–Crippen MR) is 106 cm³/mol. The quantitative estimate of drug-likeness (QED) is 0.543. The molecule has 3 aromatic rings. The van der Waals surface area contributed by atoms with E-state index in [4.69, 9.17) is 17.3 Å². The molecule has 1 aliphatic rings. The van der Waals surface area contributed by atoms with Gasteiger partial charge in [-0.1, -0.05) is 60.7 Å². The van der Waals surface area contributed by atoms with E-state index in [1.54, 1.807) is 0 Å². The molecule has 0 atom stereocenters. The van der Waals surface area contributed by atoms with E-state index >= 15 is 0 Å². The summed E-state index contributed by atoms with van der Waals surface area (Å²) in [6.07, 6.45) is 3.87. The minimum Gasteiger partial charge on any atom is -0.307 e. The Hall–Kier alpha value is -2.70. The molecule has 0 radical (unpaired) electrons. The summed E-state index contributed by atoms with van der Waals surface area (Å²) in [5, 5.41) is 7.25. The predicted octanol–water partition coefficient (Wildman–Crippen LogP) is 4.66. The van der Waals surface area contributed by atoms with Crippen LogP contribution in [-0.4, -0.2) is 20.0 Å². The van der Waals surface area contributed by atoms with E-state index in [2.05, 4.69) is 5.32 Å². The van der Waals surface area contributed by atoms with Crippen LogP contribution in [0.15, 0.2) is 71.8 Å². The molecule has 1 aliphatic heterocycles. The lowest BCUT2D eigenvalue weighted by molar-refractivity contribution is 0.265. The number of amides is 1. The SMILES string of the molecule is O=C1NC(=S)/C(=C/c2cn(-c3ccccc3)nc2-c2ccccc2)S1. The second-order valence-corrected chi connectivity index (χ2v) is 6.85. The van der Waals surface area contributed by atoms with Gasteiger partial charge in [-0.15, -0.1) is 0 Å². The summed E-state index contributed by atoms with van der Waals surface area (Å²) >= 11 is 6.34. The number of rotatable bonds is 3. The number of aromatic nitrogens is 2. The summed E-state index contributed by atoms with van der Waals surface area (Å²) in [5.41, 5.74) is 3.74. The third-order valence-corrected chi connectivity index (χ3v) is 5.02. The molecule has 0 spiro atoms. The number of para-hydroxylation sites is 1. The molecule has 1 fully saturated rings. The van der Waals surface area contributed by atoms with Crippen LogP contribution in [0, 0.1) is 0 Å². The van der Waals surface area contributed by atoms with Gasteiger partial charge >= 0.3 is 0 Å². The Balaban J connectivity index is 1.84. The van der Waals surface area contributed by atoms with Gasteiger partial charge in [0.2, 0.25) is 0 Å². The number of nitrogens with one attached hydrogen (secondary N) is 1. The Labute approximate surface area is 154 Å². The molecule has 1 N–H and O–H groups in total. The molecule has 25 heavy (non-hydrogen) atoms. The highest BCUT2D eigenvalue weighted by atomic mass is 32.2. The first kappa shape index (κ1) is 15.8. The zero-order chi connectivity index (χ0) is 17.2. The summed E-state index contributed by atoms with van der Waals surface area (Å²) in [6, 6.07) is 19.9. The molecule has 0 aliphatic carbocycles. The molecule has 4 rings (SSSR count). The smallest absolute Gasteiger partial charge is 0.289 e. The number of carbonyl (C=O) groups is 1. The van der Waals surface area contributed by atoms with E-state index in [1.807, 2.05) is 77.6 Å². The molecule has 0 saturated carbocycles. The Morgan fingerprint density at radius 3 is 2.36 bits per heavy atom. The van der Waals surface area contributed by atoms with Crippen LogP contribution in [0.5, 0.6) is 0 Å². The van der Waals surface area contributed by atoms with Crippen molar-refractivity contribution in [3.05, 3.63) is 77.3 Å². The highest BCUT2D eigenvalue weighted by Gasteiger charge is 2.22. The van der Waals surface area contributed by atoms with Gasteiger partial charge in [0.1, 0.15) is 4.99 Å². The number of hydrogen-bond acceptors (Lipinski definition) is 4. The van der Waals surface area contributed by atoms with Gasteiger partial charge in [0.15, 0.2) is 0 Å². The molecule has 122 valence electrons. The second-order valence-electron chi connectivity index (χ2n) is 5.43. The normalized spacial score (nSPS) is 15.6. The summed E-state index contributed by atoms with van der Waals surface area (Å²) < 4.78 is 1.84. The van der Waals surface area contributed by atoms with Crippen LogP contribution in [0.1, 0.15) is 5.56 Å². The zero-order valence-corrected chi connectivity index (χ0v) is 14.7. The molecule has 2 heterocycles. The number of carbonyl (C=O) groups excluding carboxylic acids is 1. The van der Waals surface area contributed by atoms with Crippen LogP contribution < -0.4 is 5.32 Å². The highest BCUT2D eigenvalue weighted by molar-refractivity contribution is 8.19. The third kappa shape index (κ3) is 3.26. The molecule has 2 aromatic carbocycles. The van der Waals surface area contributed by atoms with Gasteiger partial charge in [-0.3, -0.25) is 4.79 Å². The maximum atomic E-state index is 11.5. The van der Waals surface area contributed by atoms with Crippen molar-refractivity contribution in [2.24, 2.45) is 0 Å². The van der Waals surface area contributed by atoms with Crippen molar-refractivity contribution in [3.63, 3.8) is 0 Å². The molecule has 1 saturated heterocycles. The number of thiocarbonyl (C=S) groups is 1. The van der Waals surface area contributed by atoms with Gasteiger partial charge in [-0.05, 0) is 30.0 Å². The maximum Gasteiger partial charge on any atom is 0.289 e. The minimum absolute atomic E-state index is 0.145. The van der Waals surface area contributed by atoms with Crippen molar-refractivity contribution < 1.29 is 4.79 Å². The Morgan fingerprint density at radius 1 is 1.04 bits per heavy atom. The Morgan fingerprint density at radius 2 is 1.72 bits per heavy atom. The molecule has 4 nitrogen and oxygen atoms in total. The summed E-state index contributed by atoms with van der Waals surface area (Å²) in [5.74, 6) is 0. The Kier molecular flexibility index (Phi) is 4.21. The summed E-state index contributed by atoms with van der Waals surface area (Å²) in [7, 11) is 0. The molecule has 0 unspecified atom stereocenters. The lowest BCUT2D eigenvalue weighted by atomic mass is 10.1. The number of thioether (sulfide) groups is 1. The minimum atomic E-state index is -0.145. The molecule has 1 aromatic heterocycles. The van der Waals surface area contributed by atoms with Crippen molar-refractivity contribution in [2.45, 2.75) is 0 Å². The monoisotopic (exact) mass is 363 g/mol.